The maximum Gasteiger partial charge on any atom is 0.354 e. The number of aromatic nitrogens is 1. The SMILES string of the molecule is CC1(c2ccccc2)CCN(C(=O)c2ccnc(C(=O)O)c2)CC1. The second kappa shape index (κ2) is 6.43. The summed E-state index contributed by atoms with van der Waals surface area (Å²) in [5.74, 6) is -1.25. The third-order valence-electron chi connectivity index (χ3n) is 4.85. The van der Waals surface area contributed by atoms with Crippen molar-refractivity contribution in [3.63, 3.8) is 0 Å². The fraction of sp³-hybridized carbons (Fsp3) is 0.316. The molecule has 1 N–H and O–H groups in total. The van der Waals surface area contributed by atoms with Gasteiger partial charge in [-0.15, -0.1) is 0 Å². The van der Waals surface area contributed by atoms with E-state index in [1.807, 2.05) is 18.2 Å². The van der Waals surface area contributed by atoms with Crippen molar-refractivity contribution in [2.75, 3.05) is 13.1 Å². The van der Waals surface area contributed by atoms with Crippen LogP contribution in [0, 0.1) is 0 Å². The zero-order valence-electron chi connectivity index (χ0n) is 13.6. The first-order valence-electron chi connectivity index (χ1n) is 8.04. The van der Waals surface area contributed by atoms with Gasteiger partial charge in [0.25, 0.3) is 5.91 Å². The first-order chi connectivity index (χ1) is 11.5. The molecule has 2 heterocycles. The molecule has 0 spiro atoms. The molecule has 1 aromatic carbocycles. The second-order valence-electron chi connectivity index (χ2n) is 6.45. The minimum Gasteiger partial charge on any atom is -0.477 e. The van der Waals surface area contributed by atoms with E-state index in [0.29, 0.717) is 18.7 Å². The fourth-order valence-electron chi connectivity index (χ4n) is 3.20. The van der Waals surface area contributed by atoms with Gasteiger partial charge >= 0.3 is 5.97 Å². The Kier molecular flexibility index (Phi) is 4.34. The number of benzene rings is 1. The van der Waals surface area contributed by atoms with Crippen molar-refractivity contribution in [3.05, 3.63) is 65.5 Å². The van der Waals surface area contributed by atoms with Crippen molar-refractivity contribution in [2.24, 2.45) is 0 Å². The van der Waals surface area contributed by atoms with E-state index >= 15 is 0 Å². The van der Waals surface area contributed by atoms with Crippen molar-refractivity contribution >= 4 is 11.9 Å². The van der Waals surface area contributed by atoms with E-state index in [4.69, 9.17) is 5.11 Å². The number of likely N-dealkylation sites (tertiary alicyclic amines) is 1. The highest BCUT2D eigenvalue weighted by Gasteiger charge is 2.33. The lowest BCUT2D eigenvalue weighted by Gasteiger charge is -2.40. The number of rotatable bonds is 3. The summed E-state index contributed by atoms with van der Waals surface area (Å²) in [6.07, 6.45) is 3.15. The molecule has 0 aliphatic carbocycles. The van der Waals surface area contributed by atoms with E-state index in [0.717, 1.165) is 12.8 Å². The van der Waals surface area contributed by atoms with Gasteiger partial charge in [-0.25, -0.2) is 9.78 Å². The molecule has 5 heteroatoms. The lowest BCUT2D eigenvalue weighted by molar-refractivity contribution is 0.0676. The molecule has 2 aromatic rings. The number of pyridine rings is 1. The maximum absolute atomic E-state index is 12.6. The molecule has 0 radical (unpaired) electrons. The number of hydrogen-bond donors (Lipinski definition) is 1. The quantitative estimate of drug-likeness (QED) is 0.942. The molecule has 1 aliphatic rings. The van der Waals surface area contributed by atoms with Gasteiger partial charge in [-0.1, -0.05) is 37.3 Å². The monoisotopic (exact) mass is 324 g/mol. The number of carboxylic acid groups (broad SMARTS) is 1. The fourth-order valence-corrected chi connectivity index (χ4v) is 3.20. The van der Waals surface area contributed by atoms with Crippen molar-refractivity contribution < 1.29 is 14.7 Å². The van der Waals surface area contributed by atoms with E-state index in [-0.39, 0.29) is 17.0 Å². The van der Waals surface area contributed by atoms with Crippen LogP contribution in [0.4, 0.5) is 0 Å². The number of hydrogen-bond acceptors (Lipinski definition) is 3. The van der Waals surface area contributed by atoms with Crippen LogP contribution in [-0.4, -0.2) is 40.0 Å². The van der Waals surface area contributed by atoms with Crippen molar-refractivity contribution in [3.8, 4) is 0 Å². The highest BCUT2D eigenvalue weighted by molar-refractivity contribution is 5.96. The van der Waals surface area contributed by atoms with Crippen LogP contribution >= 0.6 is 0 Å². The average Bonchev–Trinajstić information content (AvgIpc) is 2.62. The molecule has 124 valence electrons. The van der Waals surface area contributed by atoms with E-state index in [2.05, 4.69) is 24.0 Å². The number of carboxylic acids is 1. The van der Waals surface area contributed by atoms with Crippen LogP contribution in [0.1, 0.15) is 46.2 Å². The molecular weight excluding hydrogens is 304 g/mol. The molecule has 0 unspecified atom stereocenters. The molecule has 1 aromatic heterocycles. The summed E-state index contributed by atoms with van der Waals surface area (Å²) < 4.78 is 0. The summed E-state index contributed by atoms with van der Waals surface area (Å²) in [5, 5.41) is 9.01. The summed E-state index contributed by atoms with van der Waals surface area (Å²) in [4.78, 5) is 29.2. The Morgan fingerprint density at radius 3 is 2.42 bits per heavy atom. The minimum absolute atomic E-state index is 0.0719. The van der Waals surface area contributed by atoms with Gasteiger partial charge < -0.3 is 10.0 Å². The van der Waals surface area contributed by atoms with Gasteiger partial charge in [0.1, 0.15) is 5.69 Å². The van der Waals surface area contributed by atoms with E-state index < -0.39 is 5.97 Å². The van der Waals surface area contributed by atoms with Gasteiger partial charge in [0.15, 0.2) is 0 Å². The number of carbonyl (C=O) groups excluding carboxylic acids is 1. The lowest BCUT2D eigenvalue weighted by Crippen LogP contribution is -2.44. The summed E-state index contributed by atoms with van der Waals surface area (Å²) in [6.45, 7) is 3.56. The number of nitrogens with zero attached hydrogens (tertiary/aromatic N) is 2. The molecule has 3 rings (SSSR count). The standard InChI is InChI=1S/C19H20N2O3/c1-19(15-5-3-2-4-6-15)8-11-21(12-9-19)17(22)14-7-10-20-16(13-14)18(23)24/h2-7,10,13H,8-9,11-12H2,1H3,(H,23,24). The van der Waals surface area contributed by atoms with Crippen LogP contribution in [0.25, 0.3) is 0 Å². The molecule has 0 atom stereocenters. The molecule has 0 bridgehead atoms. The van der Waals surface area contributed by atoms with Crippen molar-refractivity contribution in [1.29, 1.82) is 0 Å². The van der Waals surface area contributed by atoms with Gasteiger partial charge in [-0.05, 0) is 36.0 Å². The Hall–Kier alpha value is -2.69. The van der Waals surface area contributed by atoms with Gasteiger partial charge in [0.2, 0.25) is 0 Å². The van der Waals surface area contributed by atoms with Gasteiger partial charge in [-0.2, -0.15) is 0 Å². The predicted octanol–water partition coefficient (Wildman–Crippen LogP) is 2.97. The van der Waals surface area contributed by atoms with Crippen LogP contribution in [0.15, 0.2) is 48.7 Å². The zero-order chi connectivity index (χ0) is 17.2. The summed E-state index contributed by atoms with van der Waals surface area (Å²) in [6, 6.07) is 13.3. The van der Waals surface area contributed by atoms with Gasteiger partial charge in [0, 0.05) is 24.8 Å². The lowest BCUT2D eigenvalue weighted by atomic mass is 9.74. The van der Waals surface area contributed by atoms with Crippen molar-refractivity contribution in [1.82, 2.24) is 9.88 Å². The first-order valence-corrected chi connectivity index (χ1v) is 8.04. The van der Waals surface area contributed by atoms with E-state index in [1.165, 1.54) is 17.8 Å². The Morgan fingerprint density at radius 1 is 1.12 bits per heavy atom. The van der Waals surface area contributed by atoms with Gasteiger partial charge in [-0.3, -0.25) is 4.79 Å². The molecule has 1 saturated heterocycles. The number of amides is 1. The molecule has 1 aliphatic heterocycles. The molecular formula is C19H20N2O3. The van der Waals surface area contributed by atoms with E-state index in [1.54, 1.807) is 11.0 Å². The number of carbonyl (C=O) groups is 2. The van der Waals surface area contributed by atoms with Crippen LogP contribution in [-0.2, 0) is 5.41 Å². The second-order valence-corrected chi connectivity index (χ2v) is 6.45. The third kappa shape index (κ3) is 3.15. The maximum atomic E-state index is 12.6. The van der Waals surface area contributed by atoms with Crippen molar-refractivity contribution in [2.45, 2.75) is 25.2 Å². The Balaban J connectivity index is 1.72. The van der Waals surface area contributed by atoms with Crippen LogP contribution in [0.3, 0.4) is 0 Å². The third-order valence-corrected chi connectivity index (χ3v) is 4.85. The Morgan fingerprint density at radius 2 is 1.79 bits per heavy atom. The Bertz CT molecular complexity index is 750. The molecule has 0 saturated carbocycles. The van der Waals surface area contributed by atoms with Gasteiger partial charge in [0.05, 0.1) is 0 Å². The molecule has 24 heavy (non-hydrogen) atoms. The van der Waals surface area contributed by atoms with E-state index in [9.17, 15) is 9.59 Å². The zero-order valence-corrected chi connectivity index (χ0v) is 13.6. The van der Waals surface area contributed by atoms with Crippen LogP contribution in [0.2, 0.25) is 0 Å². The smallest absolute Gasteiger partial charge is 0.354 e. The molecule has 1 amide bonds. The molecule has 1 fully saturated rings. The summed E-state index contributed by atoms with van der Waals surface area (Å²) in [7, 11) is 0. The summed E-state index contributed by atoms with van der Waals surface area (Å²) >= 11 is 0. The highest BCUT2D eigenvalue weighted by Crippen LogP contribution is 2.35. The topological polar surface area (TPSA) is 70.5 Å². The van der Waals surface area contributed by atoms with Crippen LogP contribution in [0.5, 0.6) is 0 Å². The largest absolute Gasteiger partial charge is 0.477 e. The summed E-state index contributed by atoms with van der Waals surface area (Å²) in [5.41, 5.74) is 1.65. The number of aromatic carboxylic acids is 1. The minimum atomic E-state index is -1.13. The normalized spacial score (nSPS) is 16.6. The predicted molar refractivity (Wildman–Crippen MR) is 90.1 cm³/mol. The average molecular weight is 324 g/mol. The Labute approximate surface area is 140 Å². The number of piperidine rings is 1. The highest BCUT2D eigenvalue weighted by atomic mass is 16.4. The molecule has 5 nitrogen and oxygen atoms in total. The van der Waals surface area contributed by atoms with Crippen LogP contribution < -0.4 is 0 Å². The first kappa shape index (κ1) is 16.2.